The number of aromatic amines is 1. The van der Waals surface area contributed by atoms with Crippen molar-refractivity contribution < 1.29 is 9.90 Å². The van der Waals surface area contributed by atoms with Crippen LogP contribution in [0.2, 0.25) is 0 Å². The molecule has 0 saturated carbocycles. The lowest BCUT2D eigenvalue weighted by atomic mass is 10.3. The van der Waals surface area contributed by atoms with E-state index in [1.165, 1.54) is 18.0 Å². The molecule has 3 aromatic rings. The first kappa shape index (κ1) is 12.7. The molecule has 0 fully saturated rings. The van der Waals surface area contributed by atoms with Crippen LogP contribution in [0.15, 0.2) is 47.6 Å². The average molecular weight is 285 g/mol. The molecule has 2 N–H and O–H groups in total. The average Bonchev–Trinajstić information content (AvgIpc) is 2.88. The van der Waals surface area contributed by atoms with Gasteiger partial charge >= 0.3 is 5.97 Å². The third kappa shape index (κ3) is 2.65. The van der Waals surface area contributed by atoms with Gasteiger partial charge in [-0.1, -0.05) is 23.9 Å². The first-order chi connectivity index (χ1) is 9.72. The summed E-state index contributed by atoms with van der Waals surface area (Å²) in [5.41, 5.74) is 2.15. The Kier molecular flexibility index (Phi) is 3.39. The summed E-state index contributed by atoms with van der Waals surface area (Å²) >= 11 is 1.51. The molecule has 2 heterocycles. The zero-order valence-electron chi connectivity index (χ0n) is 10.4. The van der Waals surface area contributed by atoms with Crippen molar-refractivity contribution in [2.24, 2.45) is 0 Å². The summed E-state index contributed by atoms with van der Waals surface area (Å²) in [6.45, 7) is 0. The van der Waals surface area contributed by atoms with Gasteiger partial charge in [0.2, 0.25) is 0 Å². The fourth-order valence-corrected chi connectivity index (χ4v) is 2.52. The highest BCUT2D eigenvalue weighted by molar-refractivity contribution is 7.98. The molecule has 0 aliphatic carbocycles. The highest BCUT2D eigenvalue weighted by Crippen LogP contribution is 2.21. The molecule has 0 unspecified atom stereocenters. The molecule has 3 rings (SSSR count). The number of carbonyl (C=O) groups is 1. The maximum atomic E-state index is 10.7. The van der Waals surface area contributed by atoms with Crippen LogP contribution in [0, 0.1) is 0 Å². The number of nitrogens with one attached hydrogen (secondary N) is 1. The smallest absolute Gasteiger partial charge is 0.337 e. The van der Waals surface area contributed by atoms with Crippen molar-refractivity contribution in [3.05, 3.63) is 54.0 Å². The third-order valence-electron chi connectivity index (χ3n) is 2.78. The monoisotopic (exact) mass is 285 g/mol. The van der Waals surface area contributed by atoms with E-state index >= 15 is 0 Å². The Morgan fingerprint density at radius 2 is 2.10 bits per heavy atom. The highest BCUT2D eigenvalue weighted by Gasteiger charge is 2.05. The number of imidazole rings is 1. The van der Waals surface area contributed by atoms with Gasteiger partial charge in [0, 0.05) is 6.20 Å². The van der Waals surface area contributed by atoms with Gasteiger partial charge in [0.25, 0.3) is 0 Å². The molecule has 0 amide bonds. The summed E-state index contributed by atoms with van der Waals surface area (Å²) < 4.78 is 0. The molecule has 0 aliphatic heterocycles. The number of aromatic nitrogens is 3. The normalized spacial score (nSPS) is 10.8. The van der Waals surface area contributed by atoms with Crippen molar-refractivity contribution >= 4 is 28.8 Å². The second-order valence-corrected chi connectivity index (χ2v) is 5.18. The van der Waals surface area contributed by atoms with Gasteiger partial charge in [0.1, 0.15) is 5.82 Å². The van der Waals surface area contributed by atoms with Crippen LogP contribution in [0.1, 0.15) is 16.2 Å². The molecule has 20 heavy (non-hydrogen) atoms. The van der Waals surface area contributed by atoms with E-state index in [1.54, 1.807) is 12.1 Å². The Bertz CT molecular complexity index is 719. The van der Waals surface area contributed by atoms with E-state index in [4.69, 9.17) is 5.11 Å². The van der Waals surface area contributed by atoms with Crippen LogP contribution >= 0.6 is 11.8 Å². The minimum atomic E-state index is -0.966. The molecule has 0 atom stereocenters. The number of pyridine rings is 1. The number of carboxylic acids is 1. The molecule has 5 nitrogen and oxygen atoms in total. The Balaban J connectivity index is 1.71. The van der Waals surface area contributed by atoms with E-state index in [0.717, 1.165) is 21.9 Å². The fraction of sp³-hybridized carbons (Fsp3) is 0.0714. The minimum Gasteiger partial charge on any atom is -0.478 e. The number of nitrogens with zero attached hydrogens (tertiary/aromatic N) is 2. The highest BCUT2D eigenvalue weighted by atomic mass is 32.2. The van der Waals surface area contributed by atoms with Gasteiger partial charge in [-0.15, -0.1) is 0 Å². The predicted molar refractivity (Wildman–Crippen MR) is 76.9 cm³/mol. The van der Waals surface area contributed by atoms with Gasteiger partial charge < -0.3 is 10.1 Å². The molecule has 2 aromatic heterocycles. The van der Waals surface area contributed by atoms with Gasteiger partial charge in [-0.2, -0.15) is 0 Å². The number of thioether (sulfide) groups is 1. The molecular weight excluding hydrogens is 274 g/mol. The van der Waals surface area contributed by atoms with Crippen LogP contribution in [0.3, 0.4) is 0 Å². The standard InChI is InChI=1S/C14H11N3O2S/c18-14(19)9-5-6-13(15-7-9)20-8-12-16-10-3-1-2-4-11(10)17-12/h1-7H,8H2,(H,16,17)(H,18,19). The topological polar surface area (TPSA) is 78.9 Å². The van der Waals surface area contributed by atoms with Gasteiger partial charge in [0.15, 0.2) is 0 Å². The van der Waals surface area contributed by atoms with E-state index in [1.807, 2.05) is 24.3 Å². The summed E-state index contributed by atoms with van der Waals surface area (Å²) in [7, 11) is 0. The zero-order chi connectivity index (χ0) is 13.9. The molecule has 0 aliphatic rings. The number of rotatable bonds is 4. The van der Waals surface area contributed by atoms with E-state index in [2.05, 4.69) is 15.0 Å². The van der Waals surface area contributed by atoms with Crippen molar-refractivity contribution in [3.8, 4) is 0 Å². The number of benzene rings is 1. The van der Waals surface area contributed by atoms with Gasteiger partial charge in [0.05, 0.1) is 27.4 Å². The number of carboxylic acid groups (broad SMARTS) is 1. The van der Waals surface area contributed by atoms with Crippen LogP contribution in [0.25, 0.3) is 11.0 Å². The summed E-state index contributed by atoms with van der Waals surface area (Å²) in [4.78, 5) is 22.6. The molecule has 0 bridgehead atoms. The van der Waals surface area contributed by atoms with Crippen molar-refractivity contribution in [1.82, 2.24) is 15.0 Å². The van der Waals surface area contributed by atoms with Crippen molar-refractivity contribution in [3.63, 3.8) is 0 Å². The van der Waals surface area contributed by atoms with Gasteiger partial charge in [-0.05, 0) is 24.3 Å². The lowest BCUT2D eigenvalue weighted by molar-refractivity contribution is 0.0696. The quantitative estimate of drug-likeness (QED) is 0.720. The van der Waals surface area contributed by atoms with Crippen LogP contribution in [-0.2, 0) is 5.75 Å². The van der Waals surface area contributed by atoms with Crippen molar-refractivity contribution in [1.29, 1.82) is 0 Å². The molecule has 1 aromatic carbocycles. The summed E-state index contributed by atoms with van der Waals surface area (Å²) in [5, 5.41) is 9.58. The number of fused-ring (bicyclic) bond motifs is 1. The SMILES string of the molecule is O=C(O)c1ccc(SCc2nc3ccccc3[nH]2)nc1. The van der Waals surface area contributed by atoms with Crippen LogP contribution < -0.4 is 0 Å². The second-order valence-electron chi connectivity index (χ2n) is 4.18. The Morgan fingerprint density at radius 3 is 2.80 bits per heavy atom. The van der Waals surface area contributed by atoms with Crippen LogP contribution in [0.5, 0.6) is 0 Å². The molecule has 0 radical (unpaired) electrons. The summed E-state index contributed by atoms with van der Waals surface area (Å²) in [6, 6.07) is 11.1. The lowest BCUT2D eigenvalue weighted by Crippen LogP contribution is -1.96. The maximum Gasteiger partial charge on any atom is 0.337 e. The third-order valence-corrected chi connectivity index (χ3v) is 3.73. The number of H-pyrrole nitrogens is 1. The van der Waals surface area contributed by atoms with E-state index in [0.29, 0.717) is 5.75 Å². The molecule has 100 valence electrons. The molecular formula is C14H11N3O2S. The maximum absolute atomic E-state index is 10.7. The van der Waals surface area contributed by atoms with Gasteiger partial charge in [-0.25, -0.2) is 14.8 Å². The van der Waals surface area contributed by atoms with Gasteiger partial charge in [-0.3, -0.25) is 0 Å². The minimum absolute atomic E-state index is 0.193. The Hall–Kier alpha value is -2.34. The molecule has 0 spiro atoms. The number of para-hydroxylation sites is 2. The fourth-order valence-electron chi connectivity index (χ4n) is 1.81. The molecule has 0 saturated heterocycles. The first-order valence-electron chi connectivity index (χ1n) is 5.98. The number of hydrogen-bond acceptors (Lipinski definition) is 4. The number of hydrogen-bond donors (Lipinski definition) is 2. The Morgan fingerprint density at radius 1 is 1.25 bits per heavy atom. The largest absolute Gasteiger partial charge is 0.478 e. The molecule has 6 heteroatoms. The second kappa shape index (κ2) is 5.34. The first-order valence-corrected chi connectivity index (χ1v) is 6.97. The predicted octanol–water partition coefficient (Wildman–Crippen LogP) is 2.95. The lowest BCUT2D eigenvalue weighted by Gasteiger charge is -1.99. The van der Waals surface area contributed by atoms with Crippen LogP contribution in [-0.4, -0.2) is 26.0 Å². The summed E-state index contributed by atoms with van der Waals surface area (Å²) in [5.74, 6) is 0.570. The van der Waals surface area contributed by atoms with Crippen LogP contribution in [0.4, 0.5) is 0 Å². The van der Waals surface area contributed by atoms with E-state index in [9.17, 15) is 4.79 Å². The van der Waals surface area contributed by atoms with Crippen molar-refractivity contribution in [2.45, 2.75) is 10.8 Å². The number of aromatic carboxylic acids is 1. The Labute approximate surface area is 119 Å². The van der Waals surface area contributed by atoms with E-state index in [-0.39, 0.29) is 5.56 Å². The zero-order valence-corrected chi connectivity index (χ0v) is 11.2. The van der Waals surface area contributed by atoms with Crippen molar-refractivity contribution in [2.75, 3.05) is 0 Å². The van der Waals surface area contributed by atoms with E-state index < -0.39 is 5.97 Å². The summed E-state index contributed by atoms with van der Waals surface area (Å²) in [6.07, 6.45) is 1.36.